The molecule has 5 aromatic rings. The molecule has 6 rings (SSSR count). The third-order valence-electron chi connectivity index (χ3n) is 6.31. The molecule has 0 aliphatic heterocycles. The van der Waals surface area contributed by atoms with Crippen molar-refractivity contribution in [3.8, 4) is 22.7 Å². The summed E-state index contributed by atoms with van der Waals surface area (Å²) in [5, 5.41) is 10.1. The van der Waals surface area contributed by atoms with E-state index >= 15 is 0 Å². The number of ether oxygens (including phenoxy) is 1. The minimum Gasteiger partial charge on any atom is -0.497 e. The minimum absolute atomic E-state index is 0.118. The maximum absolute atomic E-state index is 13.3. The van der Waals surface area contributed by atoms with Gasteiger partial charge in [-0.15, -0.1) is 11.3 Å². The lowest BCUT2D eigenvalue weighted by atomic mass is 9.97. The quantitative estimate of drug-likeness (QED) is 0.328. The SMILES string of the molecule is COc1ccc(-c2nn(-c3ccccc3)cc2C=Nn2cnc3sc4c(c3c2=O)CCCC4)cc1. The molecule has 0 spiro atoms. The predicted molar refractivity (Wildman–Crippen MR) is 139 cm³/mol. The van der Waals surface area contributed by atoms with Gasteiger partial charge in [0.15, 0.2) is 0 Å². The molecule has 1 aliphatic carbocycles. The molecule has 174 valence electrons. The van der Waals surface area contributed by atoms with E-state index in [9.17, 15) is 4.79 Å². The smallest absolute Gasteiger partial charge is 0.282 e. The lowest BCUT2D eigenvalue weighted by Crippen LogP contribution is -2.18. The van der Waals surface area contributed by atoms with Crippen LogP contribution in [-0.4, -0.2) is 32.8 Å². The topological polar surface area (TPSA) is 74.3 Å². The van der Waals surface area contributed by atoms with Crippen molar-refractivity contribution >= 4 is 27.8 Å². The third kappa shape index (κ3) is 3.95. The second-order valence-electron chi connectivity index (χ2n) is 8.47. The maximum Gasteiger partial charge on any atom is 0.282 e. The summed E-state index contributed by atoms with van der Waals surface area (Å²) in [4.78, 5) is 20.0. The number of rotatable bonds is 5. The first-order chi connectivity index (χ1) is 17.2. The van der Waals surface area contributed by atoms with Gasteiger partial charge in [0.05, 0.1) is 24.4 Å². The Morgan fingerprint density at radius 2 is 1.86 bits per heavy atom. The molecule has 0 N–H and O–H groups in total. The molecule has 8 heteroatoms. The summed E-state index contributed by atoms with van der Waals surface area (Å²) in [7, 11) is 1.64. The molecular formula is C27H23N5O2S. The molecule has 2 aromatic carbocycles. The third-order valence-corrected chi connectivity index (χ3v) is 7.51. The minimum atomic E-state index is -0.118. The van der Waals surface area contributed by atoms with Crippen LogP contribution in [0.5, 0.6) is 5.75 Å². The fourth-order valence-electron chi connectivity index (χ4n) is 4.51. The Balaban J connectivity index is 1.43. The van der Waals surface area contributed by atoms with Crippen molar-refractivity contribution in [2.45, 2.75) is 25.7 Å². The molecule has 1 aliphatic rings. The van der Waals surface area contributed by atoms with Gasteiger partial charge in [0.2, 0.25) is 0 Å². The predicted octanol–water partition coefficient (Wildman–Crippen LogP) is 5.08. The van der Waals surface area contributed by atoms with Gasteiger partial charge in [-0.1, -0.05) is 18.2 Å². The number of fused-ring (bicyclic) bond motifs is 3. The first-order valence-corrected chi connectivity index (χ1v) is 12.4. The number of hydrogen-bond acceptors (Lipinski definition) is 6. The normalized spacial score (nSPS) is 13.4. The first-order valence-electron chi connectivity index (χ1n) is 11.6. The highest BCUT2D eigenvalue weighted by Gasteiger charge is 2.20. The van der Waals surface area contributed by atoms with Gasteiger partial charge in [-0.25, -0.2) is 9.67 Å². The summed E-state index contributed by atoms with van der Waals surface area (Å²) in [6.45, 7) is 0. The van der Waals surface area contributed by atoms with Crippen molar-refractivity contribution in [1.29, 1.82) is 0 Å². The van der Waals surface area contributed by atoms with Crippen LogP contribution in [0.25, 0.3) is 27.2 Å². The van der Waals surface area contributed by atoms with E-state index in [2.05, 4.69) is 10.1 Å². The zero-order valence-corrected chi connectivity index (χ0v) is 20.0. The first kappa shape index (κ1) is 21.5. The van der Waals surface area contributed by atoms with Gasteiger partial charge in [-0.3, -0.25) is 4.79 Å². The Labute approximate surface area is 206 Å². The van der Waals surface area contributed by atoms with E-state index in [1.54, 1.807) is 24.7 Å². The van der Waals surface area contributed by atoms with Crippen LogP contribution in [0.15, 0.2) is 77.0 Å². The Morgan fingerprint density at radius 1 is 1.06 bits per heavy atom. The summed E-state index contributed by atoms with van der Waals surface area (Å²) in [6.07, 6.45) is 9.36. The Bertz CT molecular complexity index is 1600. The van der Waals surface area contributed by atoms with Crippen LogP contribution >= 0.6 is 11.3 Å². The Morgan fingerprint density at radius 3 is 2.66 bits per heavy atom. The summed E-state index contributed by atoms with van der Waals surface area (Å²) < 4.78 is 8.45. The second kappa shape index (κ2) is 8.96. The van der Waals surface area contributed by atoms with Crippen molar-refractivity contribution in [1.82, 2.24) is 19.4 Å². The molecule has 7 nitrogen and oxygen atoms in total. The average molecular weight is 482 g/mol. The zero-order chi connectivity index (χ0) is 23.8. The fraction of sp³-hybridized carbons (Fsp3) is 0.185. The number of methoxy groups -OCH3 is 1. The van der Waals surface area contributed by atoms with Gasteiger partial charge < -0.3 is 4.74 Å². The molecular weight excluding hydrogens is 458 g/mol. The molecule has 3 heterocycles. The molecule has 0 atom stereocenters. The van der Waals surface area contributed by atoms with Gasteiger partial charge in [0.1, 0.15) is 22.6 Å². The van der Waals surface area contributed by atoms with Crippen LogP contribution < -0.4 is 10.3 Å². The van der Waals surface area contributed by atoms with Gasteiger partial charge in [-0.05, 0) is 67.6 Å². The number of thiophene rings is 1. The lowest BCUT2D eigenvalue weighted by Gasteiger charge is -2.09. The van der Waals surface area contributed by atoms with Gasteiger partial charge in [-0.2, -0.15) is 14.9 Å². The molecule has 0 amide bonds. The Hall–Kier alpha value is -4.04. The van der Waals surface area contributed by atoms with Crippen molar-refractivity contribution < 1.29 is 4.74 Å². The standard InChI is InChI=1S/C27H23N5O2S/c1-34-21-13-11-18(12-14-21)25-19(16-31(30-25)20-7-3-2-4-8-20)15-29-32-17-28-26-24(27(32)33)22-9-5-6-10-23(22)35-26/h2-4,7-8,11-17H,5-6,9-10H2,1H3. The summed E-state index contributed by atoms with van der Waals surface area (Å²) in [5.41, 5.74) is 4.46. The molecule has 35 heavy (non-hydrogen) atoms. The number of aryl methyl sites for hydroxylation is 2. The zero-order valence-electron chi connectivity index (χ0n) is 19.2. The number of aromatic nitrogens is 4. The van der Waals surface area contributed by atoms with Crippen LogP contribution in [0.1, 0.15) is 28.8 Å². The summed E-state index contributed by atoms with van der Waals surface area (Å²) in [6, 6.07) is 17.6. The average Bonchev–Trinajstić information content (AvgIpc) is 3.51. The van der Waals surface area contributed by atoms with Crippen molar-refractivity contribution in [3.05, 3.63) is 93.5 Å². The second-order valence-corrected chi connectivity index (χ2v) is 9.56. The largest absolute Gasteiger partial charge is 0.497 e. The van der Waals surface area contributed by atoms with Gasteiger partial charge in [0.25, 0.3) is 5.56 Å². The van der Waals surface area contributed by atoms with Crippen molar-refractivity contribution in [2.75, 3.05) is 7.11 Å². The van der Waals surface area contributed by atoms with Crippen LogP contribution in [0.3, 0.4) is 0 Å². The van der Waals surface area contributed by atoms with Crippen molar-refractivity contribution in [2.24, 2.45) is 5.10 Å². The van der Waals surface area contributed by atoms with Crippen molar-refractivity contribution in [3.63, 3.8) is 0 Å². The Kier molecular flexibility index (Phi) is 5.50. The maximum atomic E-state index is 13.3. The van der Waals surface area contributed by atoms with Crippen LogP contribution in [-0.2, 0) is 12.8 Å². The number of hydrogen-bond donors (Lipinski definition) is 0. The van der Waals surface area contributed by atoms with Crippen LogP contribution in [0, 0.1) is 0 Å². The van der Waals surface area contributed by atoms with E-state index in [0.29, 0.717) is 0 Å². The monoisotopic (exact) mass is 481 g/mol. The molecule has 3 aromatic heterocycles. The van der Waals surface area contributed by atoms with Gasteiger partial charge in [0, 0.05) is 22.2 Å². The highest BCUT2D eigenvalue weighted by molar-refractivity contribution is 7.18. The number of nitrogens with zero attached hydrogens (tertiary/aromatic N) is 5. The molecule has 0 saturated heterocycles. The molecule has 0 radical (unpaired) electrons. The highest BCUT2D eigenvalue weighted by atomic mass is 32.1. The lowest BCUT2D eigenvalue weighted by molar-refractivity contribution is 0.415. The van der Waals surface area contributed by atoms with E-state index in [-0.39, 0.29) is 5.56 Å². The molecule has 0 fully saturated rings. The fourth-order valence-corrected chi connectivity index (χ4v) is 5.73. The van der Waals surface area contributed by atoms with E-state index in [0.717, 1.165) is 63.3 Å². The van der Waals surface area contributed by atoms with E-state index in [4.69, 9.17) is 9.84 Å². The summed E-state index contributed by atoms with van der Waals surface area (Å²) >= 11 is 1.64. The molecule has 0 saturated carbocycles. The molecule has 0 bridgehead atoms. The van der Waals surface area contributed by atoms with E-state index < -0.39 is 0 Å². The van der Waals surface area contributed by atoms with E-state index in [1.165, 1.54) is 22.3 Å². The summed E-state index contributed by atoms with van der Waals surface area (Å²) in [5.74, 6) is 0.775. The van der Waals surface area contributed by atoms with Crippen LogP contribution in [0.4, 0.5) is 0 Å². The number of benzene rings is 2. The highest BCUT2D eigenvalue weighted by Crippen LogP contribution is 2.33. The molecule has 0 unspecified atom stereocenters. The number of para-hydroxylation sites is 1. The van der Waals surface area contributed by atoms with E-state index in [1.807, 2.05) is 65.5 Å². The van der Waals surface area contributed by atoms with Gasteiger partial charge >= 0.3 is 0 Å². The van der Waals surface area contributed by atoms with Crippen LogP contribution in [0.2, 0.25) is 0 Å².